The third kappa shape index (κ3) is 3.80. The van der Waals surface area contributed by atoms with Crippen LogP contribution in [0.15, 0.2) is 53.1 Å². The Bertz CT molecular complexity index is 848. The molecule has 1 aromatic heterocycles. The molecule has 0 bridgehead atoms. The molecular formula is C19H19N3O3. The van der Waals surface area contributed by atoms with Crippen LogP contribution in [0.5, 0.6) is 11.5 Å². The molecule has 4 rings (SSSR count). The van der Waals surface area contributed by atoms with Gasteiger partial charge < -0.3 is 14.0 Å². The summed E-state index contributed by atoms with van der Waals surface area (Å²) in [5.41, 5.74) is 2.32. The van der Waals surface area contributed by atoms with E-state index < -0.39 is 0 Å². The lowest BCUT2D eigenvalue weighted by Gasteiger charge is -2.14. The van der Waals surface area contributed by atoms with Gasteiger partial charge in [-0.3, -0.25) is 4.90 Å². The quantitative estimate of drug-likeness (QED) is 0.689. The van der Waals surface area contributed by atoms with Crippen molar-refractivity contribution in [3.05, 3.63) is 71.4 Å². The van der Waals surface area contributed by atoms with Gasteiger partial charge in [-0.15, -0.1) is 0 Å². The summed E-state index contributed by atoms with van der Waals surface area (Å²) in [6.07, 6.45) is 0.677. The third-order valence-electron chi connectivity index (χ3n) is 4.01. The predicted octanol–water partition coefficient (Wildman–Crippen LogP) is 3.02. The molecule has 1 aliphatic heterocycles. The van der Waals surface area contributed by atoms with E-state index in [1.807, 2.05) is 43.4 Å². The van der Waals surface area contributed by atoms with Gasteiger partial charge in [0.05, 0.1) is 6.54 Å². The van der Waals surface area contributed by atoms with Crippen LogP contribution < -0.4 is 9.47 Å². The van der Waals surface area contributed by atoms with Crippen LogP contribution >= 0.6 is 0 Å². The molecule has 0 atom stereocenters. The van der Waals surface area contributed by atoms with Gasteiger partial charge in [0.15, 0.2) is 17.3 Å². The van der Waals surface area contributed by atoms with E-state index in [9.17, 15) is 0 Å². The fourth-order valence-corrected chi connectivity index (χ4v) is 2.84. The minimum atomic E-state index is 0.292. The number of benzene rings is 2. The Morgan fingerprint density at radius 1 is 0.960 bits per heavy atom. The molecule has 0 saturated carbocycles. The SMILES string of the molecule is CN(Cc1ccc2c(c1)OCO2)Cc1nc(Cc2ccccc2)no1. The molecule has 3 aromatic rings. The number of hydrogen-bond donors (Lipinski definition) is 0. The van der Waals surface area contributed by atoms with Gasteiger partial charge in [-0.05, 0) is 30.3 Å². The summed E-state index contributed by atoms with van der Waals surface area (Å²) in [7, 11) is 2.02. The van der Waals surface area contributed by atoms with Crippen molar-refractivity contribution in [3.63, 3.8) is 0 Å². The Morgan fingerprint density at radius 3 is 2.68 bits per heavy atom. The standard InChI is InChI=1S/C19H19N3O3/c1-22(11-15-7-8-16-17(9-15)24-13-23-16)12-19-20-18(21-25-19)10-14-5-3-2-4-6-14/h2-9H,10-13H2,1H3. The molecule has 0 fully saturated rings. The predicted molar refractivity (Wildman–Crippen MR) is 91.3 cm³/mol. The fraction of sp³-hybridized carbons (Fsp3) is 0.263. The average molecular weight is 337 g/mol. The first-order valence-electron chi connectivity index (χ1n) is 8.19. The topological polar surface area (TPSA) is 60.6 Å². The van der Waals surface area contributed by atoms with Gasteiger partial charge in [-0.2, -0.15) is 4.98 Å². The van der Waals surface area contributed by atoms with E-state index in [-0.39, 0.29) is 0 Å². The first-order chi connectivity index (χ1) is 12.3. The van der Waals surface area contributed by atoms with Crippen molar-refractivity contribution in [1.82, 2.24) is 15.0 Å². The molecule has 2 aromatic carbocycles. The Balaban J connectivity index is 1.35. The molecule has 0 radical (unpaired) electrons. The van der Waals surface area contributed by atoms with Gasteiger partial charge in [-0.25, -0.2) is 0 Å². The highest BCUT2D eigenvalue weighted by atomic mass is 16.7. The lowest BCUT2D eigenvalue weighted by atomic mass is 10.1. The molecule has 0 spiro atoms. The molecule has 2 heterocycles. The van der Waals surface area contributed by atoms with Crippen LogP contribution in [0.4, 0.5) is 0 Å². The van der Waals surface area contributed by atoms with E-state index in [0.717, 1.165) is 23.6 Å². The molecule has 0 aliphatic carbocycles. The van der Waals surface area contributed by atoms with Crippen LogP contribution in [-0.2, 0) is 19.5 Å². The van der Waals surface area contributed by atoms with Gasteiger partial charge in [-0.1, -0.05) is 41.6 Å². The first kappa shape index (κ1) is 15.7. The van der Waals surface area contributed by atoms with Crippen LogP contribution in [0.25, 0.3) is 0 Å². The zero-order valence-electron chi connectivity index (χ0n) is 14.0. The lowest BCUT2D eigenvalue weighted by molar-refractivity contribution is 0.174. The Morgan fingerprint density at radius 2 is 1.80 bits per heavy atom. The maximum atomic E-state index is 5.42. The van der Waals surface area contributed by atoms with Gasteiger partial charge in [0.25, 0.3) is 0 Å². The van der Waals surface area contributed by atoms with Crippen molar-refractivity contribution in [3.8, 4) is 11.5 Å². The second-order valence-electron chi connectivity index (χ2n) is 6.13. The average Bonchev–Trinajstić information content (AvgIpc) is 3.24. The number of fused-ring (bicyclic) bond motifs is 1. The molecule has 0 unspecified atom stereocenters. The van der Waals surface area contributed by atoms with E-state index >= 15 is 0 Å². The monoisotopic (exact) mass is 337 g/mol. The number of rotatable bonds is 6. The lowest BCUT2D eigenvalue weighted by Crippen LogP contribution is -2.17. The maximum absolute atomic E-state index is 5.42. The molecule has 0 saturated heterocycles. The fourth-order valence-electron chi connectivity index (χ4n) is 2.84. The number of hydrogen-bond acceptors (Lipinski definition) is 6. The van der Waals surface area contributed by atoms with Crippen molar-refractivity contribution >= 4 is 0 Å². The van der Waals surface area contributed by atoms with E-state index in [1.54, 1.807) is 0 Å². The molecule has 0 N–H and O–H groups in total. The summed E-state index contributed by atoms with van der Waals surface area (Å²) in [5, 5.41) is 4.07. The highest BCUT2D eigenvalue weighted by Crippen LogP contribution is 2.32. The van der Waals surface area contributed by atoms with Gasteiger partial charge in [0.2, 0.25) is 12.7 Å². The summed E-state index contributed by atoms with van der Waals surface area (Å²) in [5.74, 6) is 2.93. The molecule has 6 heteroatoms. The van der Waals surface area contributed by atoms with Crippen molar-refractivity contribution < 1.29 is 14.0 Å². The highest BCUT2D eigenvalue weighted by Gasteiger charge is 2.15. The van der Waals surface area contributed by atoms with Crippen LogP contribution in [0, 0.1) is 0 Å². The van der Waals surface area contributed by atoms with Crippen molar-refractivity contribution in [1.29, 1.82) is 0 Å². The van der Waals surface area contributed by atoms with E-state index in [0.29, 0.717) is 31.5 Å². The second-order valence-corrected chi connectivity index (χ2v) is 6.13. The van der Waals surface area contributed by atoms with Crippen LogP contribution in [0.2, 0.25) is 0 Å². The normalized spacial score (nSPS) is 12.7. The smallest absolute Gasteiger partial charge is 0.240 e. The molecule has 0 amide bonds. The summed E-state index contributed by atoms with van der Waals surface area (Å²) in [6, 6.07) is 16.1. The summed E-state index contributed by atoms with van der Waals surface area (Å²) < 4.78 is 16.1. The maximum Gasteiger partial charge on any atom is 0.240 e. The molecule has 128 valence electrons. The zero-order chi connectivity index (χ0) is 17.1. The van der Waals surface area contributed by atoms with E-state index in [4.69, 9.17) is 14.0 Å². The summed E-state index contributed by atoms with van der Waals surface area (Å²) in [6.45, 7) is 1.64. The minimum Gasteiger partial charge on any atom is -0.454 e. The number of nitrogens with zero attached hydrogens (tertiary/aromatic N) is 3. The Kier molecular flexibility index (Phi) is 4.35. The second kappa shape index (κ2) is 6.94. The highest BCUT2D eigenvalue weighted by molar-refractivity contribution is 5.44. The molecular weight excluding hydrogens is 318 g/mol. The Hall–Kier alpha value is -2.86. The van der Waals surface area contributed by atoms with Gasteiger partial charge in [0, 0.05) is 13.0 Å². The zero-order valence-corrected chi connectivity index (χ0v) is 14.0. The van der Waals surface area contributed by atoms with Crippen LogP contribution in [-0.4, -0.2) is 28.9 Å². The van der Waals surface area contributed by atoms with Crippen molar-refractivity contribution in [2.24, 2.45) is 0 Å². The van der Waals surface area contributed by atoms with Gasteiger partial charge in [0.1, 0.15) is 0 Å². The minimum absolute atomic E-state index is 0.292. The van der Waals surface area contributed by atoms with Crippen molar-refractivity contribution in [2.75, 3.05) is 13.8 Å². The molecule has 1 aliphatic rings. The van der Waals surface area contributed by atoms with Crippen LogP contribution in [0.3, 0.4) is 0 Å². The third-order valence-corrected chi connectivity index (χ3v) is 4.01. The number of ether oxygens (including phenoxy) is 2. The number of aromatic nitrogens is 2. The van der Waals surface area contributed by atoms with Crippen LogP contribution in [0.1, 0.15) is 22.8 Å². The van der Waals surface area contributed by atoms with Gasteiger partial charge >= 0.3 is 0 Å². The molecule has 6 nitrogen and oxygen atoms in total. The van der Waals surface area contributed by atoms with Crippen molar-refractivity contribution in [2.45, 2.75) is 19.5 Å². The Labute approximate surface area is 146 Å². The first-order valence-corrected chi connectivity index (χ1v) is 8.19. The largest absolute Gasteiger partial charge is 0.454 e. The van der Waals surface area contributed by atoms with E-state index in [2.05, 4.69) is 27.2 Å². The summed E-state index contributed by atoms with van der Waals surface area (Å²) in [4.78, 5) is 6.60. The molecule has 25 heavy (non-hydrogen) atoms. The van der Waals surface area contributed by atoms with E-state index in [1.165, 1.54) is 5.56 Å². The summed E-state index contributed by atoms with van der Waals surface area (Å²) >= 11 is 0.